The van der Waals surface area contributed by atoms with Crippen LogP contribution in [0.15, 0.2) is 50.6 Å². The van der Waals surface area contributed by atoms with Crippen molar-refractivity contribution in [2.24, 2.45) is 0 Å². The van der Waals surface area contributed by atoms with E-state index < -0.39 is 11.7 Å². The summed E-state index contributed by atoms with van der Waals surface area (Å²) in [6.45, 7) is 2.52. The van der Waals surface area contributed by atoms with Gasteiger partial charge in [0.15, 0.2) is 10.9 Å². The molecule has 0 unspecified atom stereocenters. The van der Waals surface area contributed by atoms with E-state index in [-0.39, 0.29) is 5.89 Å². The Morgan fingerprint density at radius 2 is 2.04 bits per heavy atom. The van der Waals surface area contributed by atoms with Crippen LogP contribution in [0.4, 0.5) is 13.2 Å². The van der Waals surface area contributed by atoms with Gasteiger partial charge in [0.1, 0.15) is 0 Å². The minimum Gasteiger partial charge on any atom is -0.459 e. The molecule has 146 valence electrons. The summed E-state index contributed by atoms with van der Waals surface area (Å²) in [6, 6.07) is 7.02. The Morgan fingerprint density at radius 1 is 1.18 bits per heavy atom. The second-order valence-corrected chi connectivity index (χ2v) is 6.96. The number of alkyl halides is 3. The summed E-state index contributed by atoms with van der Waals surface area (Å²) in [5.41, 5.74) is 0.292. The van der Waals surface area contributed by atoms with E-state index >= 15 is 0 Å². The van der Waals surface area contributed by atoms with Crippen molar-refractivity contribution in [2.75, 3.05) is 0 Å². The van der Waals surface area contributed by atoms with Crippen molar-refractivity contribution in [2.45, 2.75) is 37.0 Å². The highest BCUT2D eigenvalue weighted by molar-refractivity contribution is 7.98. The number of fused-ring (bicyclic) bond motifs is 1. The zero-order chi connectivity index (χ0) is 19.7. The van der Waals surface area contributed by atoms with Gasteiger partial charge in [-0.2, -0.15) is 13.2 Å². The van der Waals surface area contributed by atoms with Crippen molar-refractivity contribution in [3.8, 4) is 11.7 Å². The summed E-state index contributed by atoms with van der Waals surface area (Å²) >= 11 is 1.33. The predicted octanol–water partition coefficient (Wildman–Crippen LogP) is 5.40. The first-order chi connectivity index (χ1) is 13.5. The average molecular weight is 408 g/mol. The quantitative estimate of drug-likeness (QED) is 0.398. The van der Waals surface area contributed by atoms with Gasteiger partial charge >= 0.3 is 6.18 Å². The highest BCUT2D eigenvalue weighted by atomic mass is 32.2. The van der Waals surface area contributed by atoms with Crippen molar-refractivity contribution in [3.63, 3.8) is 0 Å². The molecule has 0 amide bonds. The van der Waals surface area contributed by atoms with Crippen molar-refractivity contribution in [1.29, 1.82) is 0 Å². The second kappa shape index (κ2) is 7.34. The van der Waals surface area contributed by atoms with E-state index in [0.29, 0.717) is 40.1 Å². The molecule has 28 heavy (non-hydrogen) atoms. The van der Waals surface area contributed by atoms with Crippen molar-refractivity contribution in [3.05, 3.63) is 48.0 Å². The predicted molar refractivity (Wildman–Crippen MR) is 96.6 cm³/mol. The molecule has 3 heterocycles. The van der Waals surface area contributed by atoms with Crippen molar-refractivity contribution < 1.29 is 22.0 Å². The van der Waals surface area contributed by atoms with E-state index in [9.17, 15) is 13.2 Å². The van der Waals surface area contributed by atoms with Gasteiger partial charge in [-0.25, -0.2) is 4.98 Å². The Kier molecular flexibility index (Phi) is 4.88. The van der Waals surface area contributed by atoms with Gasteiger partial charge in [-0.1, -0.05) is 18.7 Å². The van der Waals surface area contributed by atoms with Crippen molar-refractivity contribution in [1.82, 2.24) is 19.7 Å². The maximum Gasteiger partial charge on any atom is 0.416 e. The van der Waals surface area contributed by atoms with Crippen LogP contribution >= 0.6 is 11.8 Å². The van der Waals surface area contributed by atoms with Gasteiger partial charge in [0.2, 0.25) is 5.89 Å². The zero-order valence-corrected chi connectivity index (χ0v) is 15.5. The summed E-state index contributed by atoms with van der Waals surface area (Å²) in [5.74, 6) is 1.47. The molecule has 0 aliphatic heterocycles. The Bertz CT molecular complexity index is 1090. The van der Waals surface area contributed by atoms with Gasteiger partial charge in [0, 0.05) is 6.54 Å². The smallest absolute Gasteiger partial charge is 0.416 e. The molecule has 0 saturated heterocycles. The molecule has 4 aromatic rings. The number of aryl methyl sites for hydroxylation is 1. The van der Waals surface area contributed by atoms with Gasteiger partial charge in [0.25, 0.3) is 5.89 Å². The maximum atomic E-state index is 13.1. The van der Waals surface area contributed by atoms with Crippen LogP contribution in [0.25, 0.3) is 22.7 Å². The lowest BCUT2D eigenvalue weighted by atomic mass is 10.2. The lowest BCUT2D eigenvalue weighted by molar-refractivity contribution is -0.137. The average Bonchev–Trinajstić information content (AvgIpc) is 3.39. The maximum absolute atomic E-state index is 13.1. The van der Waals surface area contributed by atoms with E-state index in [4.69, 9.17) is 8.83 Å². The largest absolute Gasteiger partial charge is 0.459 e. The molecule has 4 rings (SSSR count). The Hall–Kier alpha value is -2.75. The Balaban J connectivity index is 1.60. The number of rotatable bonds is 6. The van der Waals surface area contributed by atoms with Crippen LogP contribution in [0, 0.1) is 0 Å². The zero-order valence-electron chi connectivity index (χ0n) is 14.7. The lowest BCUT2D eigenvalue weighted by Gasteiger charge is -2.09. The number of benzene rings is 1. The molecule has 0 spiro atoms. The van der Waals surface area contributed by atoms with Gasteiger partial charge < -0.3 is 13.4 Å². The molecule has 0 fully saturated rings. The first-order valence-electron chi connectivity index (χ1n) is 8.52. The molecule has 0 radical (unpaired) electrons. The number of aromatic nitrogens is 4. The van der Waals surface area contributed by atoms with Crippen LogP contribution in [0.5, 0.6) is 0 Å². The van der Waals surface area contributed by atoms with E-state index in [1.165, 1.54) is 24.1 Å². The number of imidazole rings is 1. The van der Waals surface area contributed by atoms with Gasteiger partial charge in [-0.3, -0.25) is 0 Å². The lowest BCUT2D eigenvalue weighted by Crippen LogP contribution is -2.05. The molecule has 0 bridgehead atoms. The third-order valence-corrected chi connectivity index (χ3v) is 4.97. The molecule has 1 aromatic carbocycles. The minimum absolute atomic E-state index is 0.275. The molecular formula is C18H15F3N4O2S. The molecule has 10 heteroatoms. The molecule has 0 atom stereocenters. The third-order valence-electron chi connectivity index (χ3n) is 4.01. The molecule has 3 aromatic heterocycles. The summed E-state index contributed by atoms with van der Waals surface area (Å²) in [5, 5.41) is 8.52. The highest BCUT2D eigenvalue weighted by Gasteiger charge is 2.31. The Morgan fingerprint density at radius 3 is 2.75 bits per heavy atom. The minimum atomic E-state index is -4.39. The summed E-state index contributed by atoms with van der Waals surface area (Å²) in [6.07, 6.45) is -2.12. The first kappa shape index (κ1) is 18.6. The number of hydrogen-bond donors (Lipinski definition) is 0. The number of nitrogens with zero attached hydrogens (tertiary/aromatic N) is 4. The standard InChI is InChI=1S/C18H15F3N4O2S/c1-2-7-25-13-9-11(18(19,20)21)5-6-12(13)22-17(25)28-10-15-23-24-16(27-15)14-4-3-8-26-14/h3-6,8-9H,2,7,10H2,1H3. The topological polar surface area (TPSA) is 69.9 Å². The summed E-state index contributed by atoms with van der Waals surface area (Å²) < 4.78 is 51.7. The van der Waals surface area contributed by atoms with Crippen LogP contribution in [-0.2, 0) is 18.5 Å². The molecular weight excluding hydrogens is 393 g/mol. The monoisotopic (exact) mass is 408 g/mol. The van der Waals surface area contributed by atoms with Crippen LogP contribution in [0.2, 0.25) is 0 Å². The van der Waals surface area contributed by atoms with Gasteiger partial charge in [0.05, 0.1) is 28.6 Å². The fourth-order valence-electron chi connectivity index (χ4n) is 2.76. The fourth-order valence-corrected chi connectivity index (χ4v) is 3.64. The van der Waals surface area contributed by atoms with Gasteiger partial charge in [-0.05, 0) is 36.8 Å². The molecule has 0 saturated carbocycles. The van der Waals surface area contributed by atoms with E-state index in [1.807, 2.05) is 6.92 Å². The third kappa shape index (κ3) is 3.64. The van der Waals surface area contributed by atoms with Crippen molar-refractivity contribution >= 4 is 22.8 Å². The van der Waals surface area contributed by atoms with Crippen LogP contribution in [-0.4, -0.2) is 19.7 Å². The summed E-state index contributed by atoms with van der Waals surface area (Å²) in [7, 11) is 0. The first-order valence-corrected chi connectivity index (χ1v) is 9.51. The SMILES string of the molecule is CCCn1c(SCc2nnc(-c3ccco3)o2)nc2ccc(C(F)(F)F)cc21. The summed E-state index contributed by atoms with van der Waals surface area (Å²) in [4.78, 5) is 4.48. The number of hydrogen-bond acceptors (Lipinski definition) is 6. The molecule has 6 nitrogen and oxygen atoms in total. The normalized spacial score (nSPS) is 12.1. The number of halogens is 3. The highest BCUT2D eigenvalue weighted by Crippen LogP contribution is 2.33. The van der Waals surface area contributed by atoms with Gasteiger partial charge in [-0.15, -0.1) is 10.2 Å². The Labute approximate surface area is 161 Å². The number of thioether (sulfide) groups is 1. The van der Waals surface area contributed by atoms with E-state index in [1.54, 1.807) is 16.7 Å². The van der Waals surface area contributed by atoms with E-state index in [2.05, 4.69) is 15.2 Å². The fraction of sp³-hybridized carbons (Fsp3) is 0.278. The van der Waals surface area contributed by atoms with Crippen LogP contribution < -0.4 is 0 Å². The molecule has 0 aliphatic carbocycles. The number of furan rings is 1. The van der Waals surface area contributed by atoms with Crippen LogP contribution in [0.1, 0.15) is 24.8 Å². The van der Waals surface area contributed by atoms with E-state index in [0.717, 1.165) is 18.6 Å². The molecule has 0 N–H and O–H groups in total. The van der Waals surface area contributed by atoms with Crippen LogP contribution in [0.3, 0.4) is 0 Å². The second-order valence-electron chi connectivity index (χ2n) is 6.01. The molecule has 0 aliphatic rings.